The minimum atomic E-state index is -3.64. The highest BCUT2D eigenvalue weighted by atomic mass is 79.9. The Labute approximate surface area is 162 Å². The van der Waals surface area contributed by atoms with Crippen molar-refractivity contribution in [3.8, 4) is 0 Å². The van der Waals surface area contributed by atoms with Gasteiger partial charge < -0.3 is 9.15 Å². The zero-order valence-corrected chi connectivity index (χ0v) is 17.3. The molecule has 8 heteroatoms. The van der Waals surface area contributed by atoms with Gasteiger partial charge in [0.05, 0.1) is 24.2 Å². The minimum absolute atomic E-state index is 0.174. The standard InChI is InChI=1S/C18H23BrN2O4S/c1-13-3-6-18(15(19)11-13)26(22,23)20-12-16(17-5-4-14(2)25-17)21-7-9-24-10-8-21/h3-6,11,16,20H,7-10,12H2,1-2H3. The first-order valence-corrected chi connectivity index (χ1v) is 10.8. The number of nitrogens with one attached hydrogen (secondary N) is 1. The average molecular weight is 443 g/mol. The van der Waals surface area contributed by atoms with Crippen molar-refractivity contribution in [3.63, 3.8) is 0 Å². The molecule has 1 N–H and O–H groups in total. The summed E-state index contributed by atoms with van der Waals surface area (Å²) in [7, 11) is -3.64. The minimum Gasteiger partial charge on any atom is -0.465 e. The molecular weight excluding hydrogens is 420 g/mol. The number of hydrogen-bond donors (Lipinski definition) is 1. The van der Waals surface area contributed by atoms with E-state index in [1.807, 2.05) is 26.0 Å². The highest BCUT2D eigenvalue weighted by molar-refractivity contribution is 9.10. The summed E-state index contributed by atoms with van der Waals surface area (Å²) >= 11 is 3.35. The Balaban J connectivity index is 1.80. The molecule has 0 aliphatic carbocycles. The lowest BCUT2D eigenvalue weighted by Crippen LogP contribution is -2.43. The van der Waals surface area contributed by atoms with Crippen molar-refractivity contribution in [3.05, 3.63) is 51.9 Å². The third-order valence-corrected chi connectivity index (χ3v) is 6.82. The highest BCUT2D eigenvalue weighted by Crippen LogP contribution is 2.26. The number of halogens is 1. The molecule has 1 aliphatic heterocycles. The quantitative estimate of drug-likeness (QED) is 0.744. The van der Waals surface area contributed by atoms with Crippen molar-refractivity contribution >= 4 is 26.0 Å². The molecule has 1 unspecified atom stereocenters. The van der Waals surface area contributed by atoms with Gasteiger partial charge in [0.25, 0.3) is 0 Å². The van der Waals surface area contributed by atoms with Crippen LogP contribution < -0.4 is 4.72 Å². The van der Waals surface area contributed by atoms with Crippen molar-refractivity contribution < 1.29 is 17.6 Å². The summed E-state index contributed by atoms with van der Waals surface area (Å²) < 4.78 is 40.0. The summed E-state index contributed by atoms with van der Waals surface area (Å²) in [5.41, 5.74) is 0.994. The van der Waals surface area contributed by atoms with Crippen molar-refractivity contribution in [2.24, 2.45) is 0 Å². The highest BCUT2D eigenvalue weighted by Gasteiger charge is 2.27. The topological polar surface area (TPSA) is 71.8 Å². The molecule has 1 atom stereocenters. The summed E-state index contributed by atoms with van der Waals surface area (Å²) in [6, 6.07) is 8.83. The van der Waals surface area contributed by atoms with Gasteiger partial charge in [0, 0.05) is 24.1 Å². The lowest BCUT2D eigenvalue weighted by Gasteiger charge is -2.33. The SMILES string of the molecule is Cc1ccc(S(=O)(=O)NCC(c2ccc(C)o2)N2CCOCC2)c(Br)c1. The van der Waals surface area contributed by atoms with E-state index in [0.717, 1.165) is 30.2 Å². The number of aryl methyl sites for hydroxylation is 2. The van der Waals surface area contributed by atoms with Gasteiger partial charge in [-0.05, 0) is 59.6 Å². The van der Waals surface area contributed by atoms with Crippen molar-refractivity contribution in [1.82, 2.24) is 9.62 Å². The molecule has 142 valence electrons. The van der Waals surface area contributed by atoms with Crippen LogP contribution in [0.25, 0.3) is 0 Å². The van der Waals surface area contributed by atoms with Gasteiger partial charge in [-0.3, -0.25) is 4.90 Å². The van der Waals surface area contributed by atoms with Crippen molar-refractivity contribution in [2.45, 2.75) is 24.8 Å². The maximum absolute atomic E-state index is 12.8. The second-order valence-electron chi connectivity index (χ2n) is 6.40. The number of benzene rings is 1. The van der Waals surface area contributed by atoms with E-state index < -0.39 is 10.0 Å². The molecule has 0 saturated carbocycles. The second kappa shape index (κ2) is 8.22. The predicted molar refractivity (Wildman–Crippen MR) is 103 cm³/mol. The van der Waals surface area contributed by atoms with Gasteiger partial charge in [-0.1, -0.05) is 6.07 Å². The Morgan fingerprint density at radius 3 is 2.54 bits per heavy atom. The molecule has 0 spiro atoms. The summed E-state index contributed by atoms with van der Waals surface area (Å²) in [4.78, 5) is 2.42. The van der Waals surface area contributed by atoms with Gasteiger partial charge in [0.15, 0.2) is 0 Å². The molecule has 0 bridgehead atoms. The lowest BCUT2D eigenvalue weighted by atomic mass is 10.2. The van der Waals surface area contributed by atoms with Crippen molar-refractivity contribution in [1.29, 1.82) is 0 Å². The van der Waals surface area contributed by atoms with Crippen LogP contribution in [-0.4, -0.2) is 46.2 Å². The molecule has 1 aromatic heterocycles. The molecule has 1 fully saturated rings. The fourth-order valence-electron chi connectivity index (χ4n) is 3.02. The summed E-state index contributed by atoms with van der Waals surface area (Å²) in [5, 5.41) is 0. The molecule has 3 rings (SSSR count). The van der Waals surface area contributed by atoms with Crippen LogP contribution in [0.2, 0.25) is 0 Å². The summed E-state index contributed by atoms with van der Waals surface area (Å²) in [6.45, 7) is 6.77. The third kappa shape index (κ3) is 4.55. The predicted octanol–water partition coefficient (Wildman–Crippen LogP) is 3.01. The maximum atomic E-state index is 12.8. The first-order chi connectivity index (χ1) is 12.4. The normalized spacial score (nSPS) is 17.3. The van der Waals surface area contributed by atoms with Gasteiger partial charge >= 0.3 is 0 Å². The van der Waals surface area contributed by atoms with Crippen LogP contribution in [0.4, 0.5) is 0 Å². The Morgan fingerprint density at radius 1 is 1.19 bits per heavy atom. The Hall–Kier alpha value is -1.19. The zero-order valence-electron chi connectivity index (χ0n) is 14.9. The van der Waals surface area contributed by atoms with Gasteiger partial charge in [-0.2, -0.15) is 0 Å². The Kier molecular flexibility index (Phi) is 6.19. The molecular formula is C18H23BrN2O4S. The van der Waals surface area contributed by atoms with Crippen LogP contribution in [0, 0.1) is 13.8 Å². The first kappa shape index (κ1) is 19.6. The fraction of sp³-hybridized carbons (Fsp3) is 0.444. The molecule has 1 aliphatic rings. The zero-order chi connectivity index (χ0) is 18.7. The molecule has 2 aromatic rings. The van der Waals surface area contributed by atoms with Crippen LogP contribution >= 0.6 is 15.9 Å². The van der Waals surface area contributed by atoms with E-state index >= 15 is 0 Å². The number of hydrogen-bond acceptors (Lipinski definition) is 5. The molecule has 0 radical (unpaired) electrons. The van der Waals surface area contributed by atoms with E-state index in [9.17, 15) is 8.42 Å². The first-order valence-electron chi connectivity index (χ1n) is 8.51. The monoisotopic (exact) mass is 442 g/mol. The summed E-state index contributed by atoms with van der Waals surface area (Å²) in [5.74, 6) is 1.57. The van der Waals surface area contributed by atoms with Gasteiger partial charge in [0.1, 0.15) is 11.5 Å². The van der Waals surface area contributed by atoms with Crippen molar-refractivity contribution in [2.75, 3.05) is 32.8 Å². The van der Waals surface area contributed by atoms with E-state index in [0.29, 0.717) is 17.7 Å². The smallest absolute Gasteiger partial charge is 0.241 e. The fourth-order valence-corrected chi connectivity index (χ4v) is 5.25. The Bertz CT molecular complexity index is 860. The second-order valence-corrected chi connectivity index (χ2v) is 8.99. The summed E-state index contributed by atoms with van der Waals surface area (Å²) in [6.07, 6.45) is 0. The van der Waals surface area contributed by atoms with E-state index in [4.69, 9.17) is 9.15 Å². The van der Waals surface area contributed by atoms with Crippen LogP contribution in [0.15, 0.2) is 44.1 Å². The van der Waals surface area contributed by atoms with E-state index in [1.165, 1.54) is 0 Å². The number of nitrogens with zero attached hydrogens (tertiary/aromatic N) is 1. The van der Waals surface area contributed by atoms with Gasteiger partial charge in [0.2, 0.25) is 10.0 Å². The molecule has 26 heavy (non-hydrogen) atoms. The van der Waals surface area contributed by atoms with Crippen LogP contribution in [0.1, 0.15) is 23.1 Å². The van der Waals surface area contributed by atoms with E-state index in [2.05, 4.69) is 25.6 Å². The molecule has 2 heterocycles. The maximum Gasteiger partial charge on any atom is 0.241 e. The van der Waals surface area contributed by atoms with Crippen LogP contribution in [-0.2, 0) is 14.8 Å². The number of sulfonamides is 1. The van der Waals surface area contributed by atoms with Gasteiger partial charge in [-0.15, -0.1) is 0 Å². The molecule has 1 aromatic carbocycles. The molecule has 6 nitrogen and oxygen atoms in total. The van der Waals surface area contributed by atoms with Crippen LogP contribution in [0.5, 0.6) is 0 Å². The average Bonchev–Trinajstić information content (AvgIpc) is 3.02. The van der Waals surface area contributed by atoms with E-state index in [-0.39, 0.29) is 17.5 Å². The molecule has 0 amide bonds. The molecule has 1 saturated heterocycles. The van der Waals surface area contributed by atoms with Crippen LogP contribution in [0.3, 0.4) is 0 Å². The number of morpholine rings is 1. The number of furan rings is 1. The lowest BCUT2D eigenvalue weighted by molar-refractivity contribution is 0.0127. The van der Waals surface area contributed by atoms with E-state index in [1.54, 1.807) is 18.2 Å². The third-order valence-electron chi connectivity index (χ3n) is 4.42. The number of ether oxygens (including phenoxy) is 1. The van der Waals surface area contributed by atoms with Gasteiger partial charge in [-0.25, -0.2) is 13.1 Å². The Morgan fingerprint density at radius 2 is 1.92 bits per heavy atom. The largest absolute Gasteiger partial charge is 0.465 e. The number of rotatable bonds is 6.